The molecule has 3 aromatic carbocycles. The average molecular weight is 1950 g/mol. The molecule has 0 radical (unpaired) electrons. The molecule has 7 amide bonds. The average Bonchev–Trinajstić information content (AvgIpc) is 0.896. The number of carbonyl (C=O) groups excluding carboxylic acids is 11. The fraction of sp³-hybridized carbons (Fsp3) is 0.685. The van der Waals surface area contributed by atoms with Gasteiger partial charge < -0.3 is 42.5 Å². The number of Topliss-reactive ketones (excluding diaryl/α,β-unsaturated/α-hetero) is 4. The number of carbonyl (C=O) groups is 11. The molecule has 0 heterocycles. The van der Waals surface area contributed by atoms with Gasteiger partial charge in [0.05, 0.1) is 26.0 Å². The van der Waals surface area contributed by atoms with Crippen molar-refractivity contribution in [2.24, 2.45) is 27.1 Å². The second-order valence-corrected chi connectivity index (χ2v) is 39.1. The number of aryl methyl sites for hydroxylation is 3. The Morgan fingerprint density at radius 3 is 0.853 bits per heavy atom. The SMILES string of the molecule is CC(=O)C(CCCNC(=O)CCC(C)(C)C)NC(=O)CCC(C)(C)C.CC(=O)C(CCCNC(=O)CCC(C)(C)C)NC(=O)CCC(C)(C)C.CC(=O)NCc1ccc(CCC(=O)CCCC(C)(C)C)cc1.CCCCC(NC)C(C)=O.CCCc1ccc(CNC(C)=O)cc1.CCCc1ccc(CNC(C)=O)cc1.CP(F)P.[Gd].[Gd]. The molecule has 3 rings (SSSR count). The van der Waals surface area contributed by atoms with Crippen molar-refractivity contribution in [3.63, 3.8) is 0 Å². The molecular formula is C92H161FGd2N8O11P2. The van der Waals surface area contributed by atoms with E-state index < -0.39 is 20.0 Å². The first-order valence-corrected chi connectivity index (χ1v) is 45.0. The van der Waals surface area contributed by atoms with Crippen LogP contribution >= 0.6 is 16.8 Å². The summed E-state index contributed by atoms with van der Waals surface area (Å²) in [5, 5.41) is 22.7. The van der Waals surface area contributed by atoms with Crippen molar-refractivity contribution in [3.8, 4) is 0 Å². The van der Waals surface area contributed by atoms with Crippen molar-refractivity contribution >= 4 is 81.3 Å². The molecule has 0 saturated carbocycles. The maximum atomic E-state index is 12.0. The molecule has 5 unspecified atom stereocenters. The molecule has 0 spiro atoms. The van der Waals surface area contributed by atoms with Gasteiger partial charge in [0, 0.05) is 172 Å². The minimum Gasteiger partial charge on any atom is -0.356 e. The molecule has 5 atom stereocenters. The fourth-order valence-corrected chi connectivity index (χ4v) is 10.4. The minimum absolute atomic E-state index is 0. The van der Waals surface area contributed by atoms with Gasteiger partial charge in [0.25, 0.3) is 0 Å². The number of halogens is 1. The summed E-state index contributed by atoms with van der Waals surface area (Å²) in [6.07, 6.45) is 19.6. The molecule has 668 valence electrons. The van der Waals surface area contributed by atoms with Crippen molar-refractivity contribution in [1.29, 1.82) is 0 Å². The Balaban J connectivity index is -0.000000316. The van der Waals surface area contributed by atoms with Crippen molar-refractivity contribution in [1.82, 2.24) is 42.5 Å². The summed E-state index contributed by atoms with van der Waals surface area (Å²) in [6.45, 7) is 51.9. The van der Waals surface area contributed by atoms with Crippen LogP contribution in [0.4, 0.5) is 4.20 Å². The number of amides is 7. The van der Waals surface area contributed by atoms with E-state index in [2.05, 4.69) is 225 Å². The number of ketones is 4. The van der Waals surface area contributed by atoms with Crippen molar-refractivity contribution < 1.29 is 137 Å². The summed E-state index contributed by atoms with van der Waals surface area (Å²) in [5.74, 6) is 0.463. The van der Waals surface area contributed by atoms with E-state index in [1.165, 1.54) is 70.8 Å². The van der Waals surface area contributed by atoms with Crippen LogP contribution in [0, 0.1) is 107 Å². The maximum absolute atomic E-state index is 12.0. The van der Waals surface area contributed by atoms with Gasteiger partial charge in [-0.1, -0.05) is 232 Å². The van der Waals surface area contributed by atoms with E-state index in [0.717, 1.165) is 93.7 Å². The van der Waals surface area contributed by atoms with Gasteiger partial charge in [0.15, 0.2) is 11.6 Å². The van der Waals surface area contributed by atoms with E-state index in [1.807, 2.05) is 31.3 Å². The number of nitrogens with one attached hydrogen (secondary N) is 8. The third-order valence-electron chi connectivity index (χ3n) is 17.6. The van der Waals surface area contributed by atoms with Gasteiger partial charge in [0.1, 0.15) is 11.6 Å². The van der Waals surface area contributed by atoms with Gasteiger partial charge in [-0.25, -0.2) is 4.20 Å². The predicted molar refractivity (Wildman–Crippen MR) is 478 cm³/mol. The molecule has 0 aromatic heterocycles. The number of rotatable bonds is 41. The number of hydrogen-bond acceptors (Lipinski definition) is 12. The first kappa shape index (κ1) is 123. The van der Waals surface area contributed by atoms with Crippen LogP contribution in [0.5, 0.6) is 0 Å². The van der Waals surface area contributed by atoms with E-state index in [9.17, 15) is 56.9 Å². The van der Waals surface area contributed by atoms with Crippen LogP contribution in [-0.2, 0) is 91.6 Å². The largest absolute Gasteiger partial charge is 0.356 e. The monoisotopic (exact) mass is 1950 g/mol. The number of benzene rings is 3. The van der Waals surface area contributed by atoms with Gasteiger partial charge in [0.2, 0.25) is 41.4 Å². The zero-order valence-electron chi connectivity index (χ0n) is 76.8. The summed E-state index contributed by atoms with van der Waals surface area (Å²) in [7, 11) is 2.69. The molecule has 3 aromatic rings. The normalized spacial score (nSPS) is 11.9. The van der Waals surface area contributed by atoms with Gasteiger partial charge in [-0.05, 0) is 185 Å². The molecule has 19 nitrogen and oxygen atoms in total. The Labute approximate surface area is 771 Å². The molecule has 0 aliphatic rings. The molecular weight excluding hydrogens is 1790 g/mol. The zero-order valence-corrected chi connectivity index (χ0v) is 83.4. The molecule has 0 aliphatic heterocycles. The Hall–Kier alpha value is -3.97. The van der Waals surface area contributed by atoms with Crippen molar-refractivity contribution in [2.45, 2.75) is 358 Å². The Kier molecular flexibility index (Phi) is 74.7. The zero-order chi connectivity index (χ0) is 88.3. The number of unbranched alkanes of at least 4 members (excludes halogenated alkanes) is 1. The van der Waals surface area contributed by atoms with Gasteiger partial charge >= 0.3 is 0 Å². The molecule has 8 N–H and O–H groups in total. The van der Waals surface area contributed by atoms with Crippen molar-refractivity contribution in [3.05, 3.63) is 106 Å². The third-order valence-corrected chi connectivity index (χ3v) is 17.6. The summed E-state index contributed by atoms with van der Waals surface area (Å²) in [4.78, 5) is 126. The number of hydrogen-bond donors (Lipinski definition) is 8. The van der Waals surface area contributed by atoms with Crippen LogP contribution in [0.3, 0.4) is 0 Å². The minimum atomic E-state index is -1.20. The van der Waals surface area contributed by atoms with Crippen molar-refractivity contribution in [2.75, 3.05) is 26.8 Å². The van der Waals surface area contributed by atoms with E-state index in [-0.39, 0.29) is 166 Å². The Bertz CT molecular complexity index is 3030. The third kappa shape index (κ3) is 86.4. The van der Waals surface area contributed by atoms with Crippen LogP contribution in [0.1, 0.15) is 334 Å². The van der Waals surface area contributed by atoms with Crippen LogP contribution in [0.15, 0.2) is 72.8 Å². The van der Waals surface area contributed by atoms with Crippen LogP contribution < -0.4 is 42.5 Å². The second kappa shape index (κ2) is 70.6. The standard InChI is InChI=1S/2C20H38N2O3.C19H29NO2.2C12H17NO.C8H17NO.CH5FP2.2Gd/c2*1-15(23)16(22-18(25)11-13-20(5,6)7)9-8-14-21-17(24)10-12-19(2,3)4;1-15(21)20-14-17-9-7-16(8-10-17)11-12-18(22)6-5-13-19(2,3)4;2*1-3-4-11-5-7-12(8-6-11)9-13-10(2)14;1-4-5-6-8(9-3)7(2)10;1-4(2)3;;/h2*16H,8-14H2,1-7H3,(H,21,24)(H,22,25);7-10H,5-6,11-14H2,1-4H3,(H,20,21);2*5-8H,3-4,9H2,1-2H3,(H,13,14);8-9H,4-6H2,1-3H3;3H2,1H3;;. The van der Waals surface area contributed by atoms with E-state index >= 15 is 0 Å². The Morgan fingerprint density at radius 2 is 0.612 bits per heavy atom. The molecule has 0 fully saturated rings. The summed E-state index contributed by atoms with van der Waals surface area (Å²) in [5.41, 5.74) is 8.08. The first-order valence-electron chi connectivity index (χ1n) is 41.7. The molecule has 24 heteroatoms. The van der Waals surface area contributed by atoms with E-state index in [1.54, 1.807) is 6.92 Å². The fourth-order valence-electron chi connectivity index (χ4n) is 10.4. The predicted octanol–water partition coefficient (Wildman–Crippen LogP) is 18.9. The molecule has 0 aliphatic carbocycles. The molecule has 0 saturated heterocycles. The van der Waals surface area contributed by atoms with Gasteiger partial charge in [-0.2, -0.15) is 0 Å². The smallest absolute Gasteiger partial charge is 0.220 e. The van der Waals surface area contributed by atoms with E-state index in [4.69, 9.17) is 0 Å². The number of likely N-dealkylation sites (N-methyl/N-ethyl adjacent to an activating group) is 1. The van der Waals surface area contributed by atoms with Crippen LogP contribution in [0.2, 0.25) is 0 Å². The summed E-state index contributed by atoms with van der Waals surface area (Å²) < 4.78 is 11.0. The van der Waals surface area contributed by atoms with E-state index in [0.29, 0.717) is 108 Å². The van der Waals surface area contributed by atoms with Crippen LogP contribution in [0.25, 0.3) is 0 Å². The van der Waals surface area contributed by atoms with Crippen LogP contribution in [-0.4, -0.2) is 109 Å². The maximum Gasteiger partial charge on any atom is 0.220 e. The molecule has 0 bridgehead atoms. The van der Waals surface area contributed by atoms with Gasteiger partial charge in [-0.3, -0.25) is 52.7 Å². The Morgan fingerprint density at radius 1 is 0.353 bits per heavy atom. The van der Waals surface area contributed by atoms with Gasteiger partial charge in [-0.15, -0.1) is 0 Å². The summed E-state index contributed by atoms with van der Waals surface area (Å²) in [6, 6.07) is 24.0. The first-order chi connectivity index (χ1) is 52.7. The quantitative estimate of drug-likeness (QED) is 0.0194. The summed E-state index contributed by atoms with van der Waals surface area (Å²) >= 11 is 0. The second-order valence-electron chi connectivity index (χ2n) is 35.9. The molecule has 116 heavy (non-hydrogen) atoms. The topological polar surface area (TPSA) is 284 Å².